The molecule has 1 amide bonds. The zero-order valence-electron chi connectivity index (χ0n) is 15.6. The second kappa shape index (κ2) is 6.01. The lowest BCUT2D eigenvalue weighted by Gasteiger charge is -2.56. The van der Waals surface area contributed by atoms with Gasteiger partial charge < -0.3 is 10.3 Å². The van der Waals surface area contributed by atoms with Gasteiger partial charge >= 0.3 is 0 Å². The Hall–Kier alpha value is -1.49. The number of carbonyl (C=O) groups excluding carboxylic acids is 1. The summed E-state index contributed by atoms with van der Waals surface area (Å²) in [5.74, 6) is 3.19. The van der Waals surface area contributed by atoms with Crippen molar-refractivity contribution >= 4 is 28.7 Å². The van der Waals surface area contributed by atoms with Crippen molar-refractivity contribution in [1.82, 2.24) is 15.3 Å². The fourth-order valence-electron chi connectivity index (χ4n) is 6.04. The molecule has 2 N–H and O–H groups in total. The minimum Gasteiger partial charge on any atom is -0.350 e. The third-order valence-electron chi connectivity index (χ3n) is 6.86. The van der Waals surface area contributed by atoms with Crippen molar-refractivity contribution in [3.05, 3.63) is 23.3 Å². The number of hydrogen-bond acceptors (Lipinski definition) is 3. The monoisotopic (exact) mass is 369 g/mol. The number of nitrogens with one attached hydrogen (secondary N) is 2. The van der Waals surface area contributed by atoms with E-state index in [0.29, 0.717) is 5.75 Å². The molecule has 4 aliphatic carbocycles. The van der Waals surface area contributed by atoms with E-state index in [-0.39, 0.29) is 11.4 Å². The van der Waals surface area contributed by atoms with Crippen LogP contribution >= 0.6 is 11.8 Å². The van der Waals surface area contributed by atoms with Gasteiger partial charge in [-0.15, -0.1) is 0 Å². The van der Waals surface area contributed by atoms with Gasteiger partial charge in [0.05, 0.1) is 16.8 Å². The number of rotatable bonds is 4. The molecule has 26 heavy (non-hydrogen) atoms. The highest BCUT2D eigenvalue weighted by Crippen LogP contribution is 2.55. The molecule has 1 aromatic carbocycles. The number of hydrogen-bond donors (Lipinski definition) is 2. The van der Waals surface area contributed by atoms with Crippen LogP contribution in [0.3, 0.4) is 0 Å². The summed E-state index contributed by atoms with van der Waals surface area (Å²) in [4.78, 5) is 20.6. The number of amides is 1. The van der Waals surface area contributed by atoms with E-state index in [1.807, 2.05) is 0 Å². The zero-order chi connectivity index (χ0) is 17.9. The minimum absolute atomic E-state index is 0.106. The van der Waals surface area contributed by atoms with Crippen molar-refractivity contribution in [3.8, 4) is 0 Å². The molecule has 4 fully saturated rings. The number of nitrogens with zero attached hydrogens (tertiary/aromatic N) is 1. The molecule has 138 valence electrons. The first kappa shape index (κ1) is 16.7. The molecule has 0 atom stereocenters. The van der Waals surface area contributed by atoms with E-state index in [2.05, 4.69) is 41.3 Å². The van der Waals surface area contributed by atoms with Crippen LogP contribution in [0.2, 0.25) is 0 Å². The molecule has 5 heteroatoms. The fourth-order valence-corrected chi connectivity index (χ4v) is 6.73. The van der Waals surface area contributed by atoms with Crippen molar-refractivity contribution in [3.63, 3.8) is 0 Å². The largest absolute Gasteiger partial charge is 0.350 e. The highest BCUT2D eigenvalue weighted by molar-refractivity contribution is 7.99. The van der Waals surface area contributed by atoms with Crippen molar-refractivity contribution in [2.45, 2.75) is 63.1 Å². The fraction of sp³-hybridized carbons (Fsp3) is 0.619. The summed E-state index contributed by atoms with van der Waals surface area (Å²) >= 11 is 1.52. The smallest absolute Gasteiger partial charge is 0.230 e. The Morgan fingerprint density at radius 2 is 1.77 bits per heavy atom. The Balaban J connectivity index is 1.24. The molecule has 2 aromatic rings. The van der Waals surface area contributed by atoms with Gasteiger partial charge in [0.1, 0.15) is 0 Å². The molecule has 4 saturated carbocycles. The predicted molar refractivity (Wildman–Crippen MR) is 105 cm³/mol. The lowest BCUT2D eigenvalue weighted by atomic mass is 9.53. The first-order chi connectivity index (χ1) is 12.5. The Morgan fingerprint density at radius 3 is 2.42 bits per heavy atom. The summed E-state index contributed by atoms with van der Waals surface area (Å²) in [6, 6.07) is 4.25. The predicted octanol–water partition coefficient (Wildman–Crippen LogP) is 4.36. The molecule has 1 aromatic heterocycles. The van der Waals surface area contributed by atoms with Gasteiger partial charge in [0.15, 0.2) is 5.16 Å². The van der Waals surface area contributed by atoms with Gasteiger partial charge in [0.2, 0.25) is 5.91 Å². The number of benzene rings is 1. The highest BCUT2D eigenvalue weighted by Gasteiger charge is 2.51. The standard InChI is InChI=1S/C21H27N3OS/c1-12-3-17-18(4-13(12)2)23-20(22-17)26-11-19(25)24-21-8-14-5-15(9-21)7-16(6-14)10-21/h3-4,14-16H,5-11H2,1-2H3,(H,22,23)(H,24,25). The van der Waals surface area contributed by atoms with Crippen LogP contribution in [0.5, 0.6) is 0 Å². The highest BCUT2D eigenvalue weighted by atomic mass is 32.2. The maximum atomic E-state index is 12.7. The normalized spacial score (nSPS) is 32.3. The Morgan fingerprint density at radius 1 is 1.15 bits per heavy atom. The average Bonchev–Trinajstić information content (AvgIpc) is 2.93. The van der Waals surface area contributed by atoms with Crippen LogP contribution in [0.15, 0.2) is 17.3 Å². The average molecular weight is 370 g/mol. The number of aromatic nitrogens is 2. The zero-order valence-corrected chi connectivity index (χ0v) is 16.4. The summed E-state index contributed by atoms with van der Waals surface area (Å²) < 4.78 is 0. The number of carbonyl (C=O) groups is 1. The summed E-state index contributed by atoms with van der Waals surface area (Å²) in [6.07, 6.45) is 7.83. The van der Waals surface area contributed by atoms with Gasteiger partial charge in [0.25, 0.3) is 0 Å². The molecule has 0 aliphatic heterocycles. The molecule has 4 bridgehead atoms. The quantitative estimate of drug-likeness (QED) is 0.788. The number of fused-ring (bicyclic) bond motifs is 1. The molecular weight excluding hydrogens is 342 g/mol. The second-order valence-electron chi connectivity index (χ2n) is 9.03. The molecule has 4 nitrogen and oxygen atoms in total. The van der Waals surface area contributed by atoms with Crippen LogP contribution in [0, 0.1) is 31.6 Å². The van der Waals surface area contributed by atoms with E-state index in [1.54, 1.807) is 0 Å². The number of aromatic amines is 1. The van der Waals surface area contributed by atoms with E-state index in [1.165, 1.54) is 61.4 Å². The van der Waals surface area contributed by atoms with Crippen LogP contribution in [0.1, 0.15) is 49.7 Å². The minimum atomic E-state index is 0.106. The number of imidazole rings is 1. The van der Waals surface area contributed by atoms with Gasteiger partial charge in [-0.3, -0.25) is 4.79 Å². The molecule has 0 unspecified atom stereocenters. The van der Waals surface area contributed by atoms with Crippen molar-refractivity contribution < 1.29 is 4.79 Å². The van der Waals surface area contributed by atoms with Crippen molar-refractivity contribution in [1.29, 1.82) is 0 Å². The number of aryl methyl sites for hydroxylation is 2. The molecular formula is C21H27N3OS. The van der Waals surface area contributed by atoms with Crippen molar-refractivity contribution in [2.75, 3.05) is 5.75 Å². The van der Waals surface area contributed by atoms with Crippen LogP contribution in [0.25, 0.3) is 11.0 Å². The van der Waals surface area contributed by atoms with E-state index in [9.17, 15) is 4.79 Å². The molecule has 4 aliphatic rings. The summed E-state index contributed by atoms with van der Waals surface area (Å²) in [6.45, 7) is 4.22. The Kier molecular flexibility index (Phi) is 3.85. The maximum absolute atomic E-state index is 12.7. The van der Waals surface area contributed by atoms with Crippen LogP contribution < -0.4 is 5.32 Å². The third kappa shape index (κ3) is 2.94. The van der Waals surface area contributed by atoms with Crippen LogP contribution in [-0.4, -0.2) is 27.2 Å². The first-order valence-corrected chi connectivity index (χ1v) is 10.9. The summed E-state index contributed by atoms with van der Waals surface area (Å²) in [5, 5.41) is 4.28. The number of thioether (sulfide) groups is 1. The SMILES string of the molecule is Cc1cc2nc(SCC(=O)NC34CC5CC(CC(C5)C3)C4)[nH]c2cc1C. The molecule has 0 saturated heterocycles. The van der Waals surface area contributed by atoms with E-state index in [4.69, 9.17) is 0 Å². The van der Waals surface area contributed by atoms with E-state index >= 15 is 0 Å². The van der Waals surface area contributed by atoms with E-state index < -0.39 is 0 Å². The second-order valence-corrected chi connectivity index (χ2v) is 9.99. The van der Waals surface area contributed by atoms with E-state index in [0.717, 1.165) is 33.9 Å². The Labute approximate surface area is 158 Å². The van der Waals surface area contributed by atoms with Gasteiger partial charge in [-0.25, -0.2) is 4.98 Å². The first-order valence-electron chi connectivity index (χ1n) is 9.89. The van der Waals surface area contributed by atoms with Crippen LogP contribution in [0.4, 0.5) is 0 Å². The molecule has 0 radical (unpaired) electrons. The van der Waals surface area contributed by atoms with Gasteiger partial charge in [0, 0.05) is 5.54 Å². The third-order valence-corrected chi connectivity index (χ3v) is 7.73. The van der Waals surface area contributed by atoms with Crippen molar-refractivity contribution in [2.24, 2.45) is 17.8 Å². The lowest BCUT2D eigenvalue weighted by molar-refractivity contribution is -0.124. The molecule has 0 spiro atoms. The topological polar surface area (TPSA) is 57.8 Å². The van der Waals surface area contributed by atoms with Gasteiger partial charge in [-0.1, -0.05) is 11.8 Å². The maximum Gasteiger partial charge on any atom is 0.230 e. The number of H-pyrrole nitrogens is 1. The molecule has 6 rings (SSSR count). The van der Waals surface area contributed by atoms with Gasteiger partial charge in [-0.2, -0.15) is 0 Å². The lowest BCUT2D eigenvalue weighted by Crippen LogP contribution is -2.60. The van der Waals surface area contributed by atoms with Gasteiger partial charge in [-0.05, 0) is 93.4 Å². The Bertz CT molecular complexity index is 797. The molecule has 1 heterocycles. The van der Waals surface area contributed by atoms with Crippen LogP contribution in [-0.2, 0) is 4.79 Å². The summed E-state index contributed by atoms with van der Waals surface area (Å²) in [5.41, 5.74) is 4.65. The summed E-state index contributed by atoms with van der Waals surface area (Å²) in [7, 11) is 0.